The van der Waals surface area contributed by atoms with Crippen molar-refractivity contribution >= 4 is 5.97 Å². The highest BCUT2D eigenvalue weighted by atomic mass is 16.4. The molecule has 0 saturated carbocycles. The average molecular weight is 179 g/mol. The summed E-state index contributed by atoms with van der Waals surface area (Å²) in [5.41, 5.74) is 2.63. The van der Waals surface area contributed by atoms with Crippen LogP contribution < -0.4 is 0 Å². The Morgan fingerprint density at radius 1 is 1.54 bits per heavy atom. The number of aryl methyl sites for hydroxylation is 2. The molecule has 0 radical (unpaired) electrons. The SMILES string of the molecule is Cc1cc(C(C)C(=O)O)c(C)cn1. The Hall–Kier alpha value is -1.38. The molecule has 1 aromatic heterocycles. The van der Waals surface area contributed by atoms with E-state index in [1.165, 1.54) is 0 Å². The second-order valence-electron chi connectivity index (χ2n) is 3.24. The number of nitrogens with zero attached hydrogens (tertiary/aromatic N) is 1. The molecule has 0 aliphatic heterocycles. The van der Waals surface area contributed by atoms with Crippen molar-refractivity contribution < 1.29 is 9.90 Å². The number of carbonyl (C=O) groups is 1. The number of aromatic nitrogens is 1. The summed E-state index contributed by atoms with van der Waals surface area (Å²) in [4.78, 5) is 14.8. The van der Waals surface area contributed by atoms with Gasteiger partial charge in [-0.2, -0.15) is 0 Å². The van der Waals surface area contributed by atoms with Crippen LogP contribution in [-0.4, -0.2) is 16.1 Å². The molecular formula is C10H13NO2. The van der Waals surface area contributed by atoms with Crippen LogP contribution in [0, 0.1) is 13.8 Å². The molecule has 0 amide bonds. The van der Waals surface area contributed by atoms with Crippen LogP contribution >= 0.6 is 0 Å². The van der Waals surface area contributed by atoms with E-state index in [0.29, 0.717) is 0 Å². The van der Waals surface area contributed by atoms with Crippen molar-refractivity contribution in [1.82, 2.24) is 4.98 Å². The normalized spacial score (nSPS) is 12.5. The van der Waals surface area contributed by atoms with Gasteiger partial charge >= 0.3 is 5.97 Å². The van der Waals surface area contributed by atoms with Crippen molar-refractivity contribution in [3.63, 3.8) is 0 Å². The minimum atomic E-state index is -0.797. The van der Waals surface area contributed by atoms with Crippen molar-refractivity contribution in [2.45, 2.75) is 26.7 Å². The molecule has 0 saturated heterocycles. The van der Waals surface area contributed by atoms with E-state index in [1.54, 1.807) is 13.1 Å². The van der Waals surface area contributed by atoms with Gasteiger partial charge in [0.15, 0.2) is 0 Å². The zero-order valence-electron chi connectivity index (χ0n) is 8.03. The fraction of sp³-hybridized carbons (Fsp3) is 0.400. The standard InChI is InChI=1S/C10H13NO2/c1-6-5-11-7(2)4-9(6)8(3)10(12)13/h4-5,8H,1-3H3,(H,12,13). The summed E-state index contributed by atoms with van der Waals surface area (Å²) in [6.45, 7) is 5.42. The number of hydrogen-bond acceptors (Lipinski definition) is 2. The first kappa shape index (κ1) is 9.71. The molecule has 1 heterocycles. The van der Waals surface area contributed by atoms with Gasteiger partial charge in [-0.05, 0) is 38.0 Å². The van der Waals surface area contributed by atoms with Crippen molar-refractivity contribution in [2.24, 2.45) is 0 Å². The molecule has 1 rings (SSSR count). The third-order valence-corrected chi connectivity index (χ3v) is 2.12. The number of carboxylic acids is 1. The van der Waals surface area contributed by atoms with Crippen LogP contribution in [0.2, 0.25) is 0 Å². The first-order chi connectivity index (χ1) is 6.02. The third-order valence-electron chi connectivity index (χ3n) is 2.12. The molecule has 0 fully saturated rings. The van der Waals surface area contributed by atoms with Gasteiger partial charge in [0.1, 0.15) is 0 Å². The van der Waals surface area contributed by atoms with E-state index in [1.807, 2.05) is 19.9 Å². The van der Waals surface area contributed by atoms with E-state index >= 15 is 0 Å². The lowest BCUT2D eigenvalue weighted by Crippen LogP contribution is -2.09. The minimum Gasteiger partial charge on any atom is -0.481 e. The number of pyridine rings is 1. The third kappa shape index (κ3) is 2.05. The molecule has 13 heavy (non-hydrogen) atoms. The molecule has 3 nitrogen and oxygen atoms in total. The largest absolute Gasteiger partial charge is 0.481 e. The second-order valence-corrected chi connectivity index (χ2v) is 3.24. The number of carboxylic acid groups (broad SMARTS) is 1. The predicted octanol–water partition coefficient (Wildman–Crippen LogP) is 1.89. The smallest absolute Gasteiger partial charge is 0.310 e. The molecule has 0 aliphatic carbocycles. The first-order valence-corrected chi connectivity index (χ1v) is 4.18. The molecule has 0 aliphatic rings. The topological polar surface area (TPSA) is 50.2 Å². The van der Waals surface area contributed by atoms with Crippen LogP contribution in [0.25, 0.3) is 0 Å². The molecule has 1 unspecified atom stereocenters. The molecule has 70 valence electrons. The van der Waals surface area contributed by atoms with Gasteiger partial charge < -0.3 is 5.11 Å². The van der Waals surface area contributed by atoms with E-state index in [9.17, 15) is 4.79 Å². The Labute approximate surface area is 77.4 Å². The van der Waals surface area contributed by atoms with Crippen LogP contribution in [0.1, 0.15) is 29.7 Å². The minimum absolute atomic E-state index is 0.457. The van der Waals surface area contributed by atoms with E-state index in [-0.39, 0.29) is 0 Å². The maximum absolute atomic E-state index is 10.7. The number of hydrogen-bond donors (Lipinski definition) is 1. The van der Waals surface area contributed by atoms with Crippen LogP contribution in [0.15, 0.2) is 12.3 Å². The Morgan fingerprint density at radius 3 is 2.69 bits per heavy atom. The Balaban J connectivity index is 3.12. The molecule has 0 bridgehead atoms. The molecule has 1 aromatic rings. The van der Waals surface area contributed by atoms with Crippen LogP contribution in [0.4, 0.5) is 0 Å². The number of aliphatic carboxylic acids is 1. The van der Waals surface area contributed by atoms with E-state index < -0.39 is 11.9 Å². The Bertz CT molecular complexity index is 334. The highest BCUT2D eigenvalue weighted by molar-refractivity contribution is 5.76. The van der Waals surface area contributed by atoms with Gasteiger partial charge in [-0.3, -0.25) is 9.78 Å². The van der Waals surface area contributed by atoms with Gasteiger partial charge in [-0.1, -0.05) is 0 Å². The summed E-state index contributed by atoms with van der Waals surface area (Å²) in [6, 6.07) is 1.83. The van der Waals surface area contributed by atoms with Crippen molar-refractivity contribution in [3.8, 4) is 0 Å². The Kier molecular flexibility index (Phi) is 2.66. The lowest BCUT2D eigenvalue weighted by Gasteiger charge is -2.10. The molecule has 1 N–H and O–H groups in total. The van der Waals surface area contributed by atoms with Crippen LogP contribution in [0.5, 0.6) is 0 Å². The van der Waals surface area contributed by atoms with Gasteiger partial charge in [0.05, 0.1) is 5.92 Å². The monoisotopic (exact) mass is 179 g/mol. The van der Waals surface area contributed by atoms with Crippen molar-refractivity contribution in [3.05, 3.63) is 29.1 Å². The average Bonchev–Trinajstić information content (AvgIpc) is 2.08. The highest BCUT2D eigenvalue weighted by Crippen LogP contribution is 2.19. The fourth-order valence-corrected chi connectivity index (χ4v) is 1.25. The Morgan fingerprint density at radius 2 is 2.15 bits per heavy atom. The van der Waals surface area contributed by atoms with Crippen LogP contribution in [-0.2, 0) is 4.79 Å². The van der Waals surface area contributed by atoms with Crippen molar-refractivity contribution in [1.29, 1.82) is 0 Å². The summed E-state index contributed by atoms with van der Waals surface area (Å²) in [6.07, 6.45) is 1.71. The zero-order chi connectivity index (χ0) is 10.0. The maximum Gasteiger partial charge on any atom is 0.310 e. The molecule has 3 heteroatoms. The van der Waals surface area contributed by atoms with E-state index in [0.717, 1.165) is 16.8 Å². The first-order valence-electron chi connectivity index (χ1n) is 4.18. The zero-order valence-corrected chi connectivity index (χ0v) is 8.03. The van der Waals surface area contributed by atoms with E-state index in [2.05, 4.69) is 4.98 Å². The van der Waals surface area contributed by atoms with Gasteiger partial charge in [0, 0.05) is 11.9 Å². The van der Waals surface area contributed by atoms with Gasteiger partial charge in [-0.15, -0.1) is 0 Å². The molecule has 0 aromatic carbocycles. The number of rotatable bonds is 2. The maximum atomic E-state index is 10.7. The second kappa shape index (κ2) is 3.56. The van der Waals surface area contributed by atoms with Gasteiger partial charge in [0.25, 0.3) is 0 Å². The summed E-state index contributed by atoms with van der Waals surface area (Å²) < 4.78 is 0. The lowest BCUT2D eigenvalue weighted by atomic mass is 9.97. The molecule has 1 atom stereocenters. The summed E-state index contributed by atoms with van der Waals surface area (Å²) in [5, 5.41) is 8.83. The molecular weight excluding hydrogens is 166 g/mol. The summed E-state index contributed by atoms with van der Waals surface area (Å²) >= 11 is 0. The van der Waals surface area contributed by atoms with E-state index in [4.69, 9.17) is 5.11 Å². The van der Waals surface area contributed by atoms with Crippen molar-refractivity contribution in [2.75, 3.05) is 0 Å². The molecule has 0 spiro atoms. The highest BCUT2D eigenvalue weighted by Gasteiger charge is 2.15. The van der Waals surface area contributed by atoms with Gasteiger partial charge in [0.2, 0.25) is 0 Å². The lowest BCUT2D eigenvalue weighted by molar-refractivity contribution is -0.138. The fourth-order valence-electron chi connectivity index (χ4n) is 1.25. The summed E-state index contributed by atoms with van der Waals surface area (Å²) in [7, 11) is 0. The van der Waals surface area contributed by atoms with Crippen LogP contribution in [0.3, 0.4) is 0 Å². The quantitative estimate of drug-likeness (QED) is 0.754. The summed E-state index contributed by atoms with van der Waals surface area (Å²) in [5.74, 6) is -1.25. The van der Waals surface area contributed by atoms with Gasteiger partial charge in [-0.25, -0.2) is 0 Å². The predicted molar refractivity (Wildman–Crippen MR) is 49.8 cm³/mol.